The van der Waals surface area contributed by atoms with Crippen LogP contribution in [0.1, 0.15) is 12.5 Å². The number of nitrogen functional groups attached to an aromatic ring is 1. The highest BCUT2D eigenvalue weighted by atomic mass is 35.5. The van der Waals surface area contributed by atoms with Gasteiger partial charge in [0.05, 0.1) is 29.1 Å². The van der Waals surface area contributed by atoms with Crippen molar-refractivity contribution >= 4 is 39.6 Å². The minimum Gasteiger partial charge on any atom is -0.492 e. The molecule has 3 rings (SSSR count). The standard InChI is InChI=1S/C18H14ClFN4O/c1-2-25-17-8-16-14(7-15(17)22)18(11(9-21)10-23-16)24(20)13-5-3-4-12(19)6-13/h3-8,10H,2,22H2,1H3. The Balaban J connectivity index is 2.25. The van der Waals surface area contributed by atoms with Gasteiger partial charge in [-0.3, -0.25) is 4.98 Å². The first-order valence-electron chi connectivity index (χ1n) is 7.51. The van der Waals surface area contributed by atoms with Gasteiger partial charge >= 0.3 is 0 Å². The van der Waals surface area contributed by atoms with Gasteiger partial charge in [-0.15, -0.1) is 0 Å². The molecule has 0 unspecified atom stereocenters. The lowest BCUT2D eigenvalue weighted by atomic mass is 10.1. The molecule has 0 fully saturated rings. The number of nitriles is 1. The van der Waals surface area contributed by atoms with Gasteiger partial charge in [0.2, 0.25) is 0 Å². The number of anilines is 3. The molecule has 0 aliphatic carbocycles. The smallest absolute Gasteiger partial charge is 0.144 e. The molecule has 5 nitrogen and oxygen atoms in total. The quantitative estimate of drug-likeness (QED) is 0.538. The molecule has 2 aromatic carbocycles. The van der Waals surface area contributed by atoms with Crippen LogP contribution in [0.5, 0.6) is 5.75 Å². The molecule has 0 aliphatic heterocycles. The first-order chi connectivity index (χ1) is 12.0. The van der Waals surface area contributed by atoms with Crippen LogP contribution >= 0.6 is 11.6 Å². The van der Waals surface area contributed by atoms with Gasteiger partial charge in [0, 0.05) is 22.7 Å². The fourth-order valence-corrected chi connectivity index (χ4v) is 2.71. The van der Waals surface area contributed by atoms with Gasteiger partial charge in [-0.1, -0.05) is 22.1 Å². The first kappa shape index (κ1) is 16.8. The van der Waals surface area contributed by atoms with Gasteiger partial charge in [0.25, 0.3) is 0 Å². The van der Waals surface area contributed by atoms with E-state index in [2.05, 4.69) is 4.98 Å². The third-order valence-electron chi connectivity index (χ3n) is 3.62. The van der Waals surface area contributed by atoms with Crippen LogP contribution in [0.3, 0.4) is 0 Å². The Kier molecular flexibility index (Phi) is 4.59. The highest BCUT2D eigenvalue weighted by Crippen LogP contribution is 2.38. The summed E-state index contributed by atoms with van der Waals surface area (Å²) in [6.45, 7) is 2.28. The zero-order valence-corrected chi connectivity index (χ0v) is 14.1. The van der Waals surface area contributed by atoms with Crippen LogP contribution in [0.4, 0.5) is 21.5 Å². The van der Waals surface area contributed by atoms with E-state index < -0.39 is 0 Å². The van der Waals surface area contributed by atoms with Crippen LogP contribution in [0.25, 0.3) is 10.9 Å². The van der Waals surface area contributed by atoms with Gasteiger partial charge < -0.3 is 10.5 Å². The summed E-state index contributed by atoms with van der Waals surface area (Å²) in [7, 11) is 0. The third-order valence-corrected chi connectivity index (χ3v) is 3.86. The maximum Gasteiger partial charge on any atom is 0.144 e. The zero-order valence-electron chi connectivity index (χ0n) is 13.3. The van der Waals surface area contributed by atoms with E-state index in [9.17, 15) is 5.26 Å². The molecular weight excluding hydrogens is 343 g/mol. The molecule has 3 aromatic rings. The normalized spacial score (nSPS) is 10.5. The van der Waals surface area contributed by atoms with Crippen molar-refractivity contribution in [1.29, 1.82) is 5.26 Å². The lowest BCUT2D eigenvalue weighted by molar-refractivity contribution is 0.342. The number of nitrogens with two attached hydrogens (primary N) is 1. The maximum absolute atomic E-state index is 15.1. The van der Waals surface area contributed by atoms with Crippen LogP contribution in [-0.2, 0) is 0 Å². The number of rotatable bonds is 4. The summed E-state index contributed by atoms with van der Waals surface area (Å²) in [5, 5.41) is 10.6. The van der Waals surface area contributed by atoms with E-state index in [0.29, 0.717) is 39.1 Å². The fourth-order valence-electron chi connectivity index (χ4n) is 2.52. The van der Waals surface area contributed by atoms with E-state index in [4.69, 9.17) is 22.1 Å². The number of hydrogen-bond donors (Lipinski definition) is 1. The topological polar surface area (TPSA) is 75.2 Å². The van der Waals surface area contributed by atoms with Gasteiger partial charge in [0.1, 0.15) is 17.5 Å². The SMILES string of the molecule is CCOc1cc2ncc(C#N)c(N(F)c3cccc(Cl)c3)c2cc1N. The van der Waals surface area contributed by atoms with E-state index >= 15 is 4.48 Å². The molecule has 0 radical (unpaired) electrons. The summed E-state index contributed by atoms with van der Waals surface area (Å²) in [5.41, 5.74) is 7.15. The Bertz CT molecular complexity index is 987. The second-order valence-corrected chi connectivity index (χ2v) is 5.67. The van der Waals surface area contributed by atoms with Crippen molar-refractivity contribution in [3.63, 3.8) is 0 Å². The van der Waals surface area contributed by atoms with Crippen molar-refractivity contribution in [2.45, 2.75) is 6.92 Å². The Hall–Kier alpha value is -3.04. The first-order valence-corrected chi connectivity index (χ1v) is 7.89. The average molecular weight is 357 g/mol. The van der Waals surface area contributed by atoms with Crippen LogP contribution in [0, 0.1) is 11.3 Å². The Morgan fingerprint density at radius 1 is 1.36 bits per heavy atom. The molecule has 25 heavy (non-hydrogen) atoms. The van der Waals surface area contributed by atoms with Crippen molar-refractivity contribution in [3.05, 3.63) is 53.2 Å². The number of halogens is 2. The monoisotopic (exact) mass is 356 g/mol. The van der Waals surface area contributed by atoms with E-state index in [1.165, 1.54) is 12.3 Å². The van der Waals surface area contributed by atoms with Gasteiger partial charge in [-0.25, -0.2) is 0 Å². The molecule has 1 heterocycles. The molecule has 1 aromatic heterocycles. The molecule has 0 bridgehead atoms. The zero-order chi connectivity index (χ0) is 18.0. The number of pyridine rings is 1. The lowest BCUT2D eigenvalue weighted by Crippen LogP contribution is -2.08. The van der Waals surface area contributed by atoms with E-state index in [-0.39, 0.29) is 16.9 Å². The predicted octanol–water partition coefficient (Wildman–Crippen LogP) is 4.76. The number of aromatic nitrogens is 1. The molecule has 0 aliphatic rings. The number of nitrogens with zero attached hydrogens (tertiary/aromatic N) is 3. The highest BCUT2D eigenvalue weighted by molar-refractivity contribution is 6.30. The van der Waals surface area contributed by atoms with Gasteiger partial charge in [-0.2, -0.15) is 10.4 Å². The lowest BCUT2D eigenvalue weighted by Gasteiger charge is -2.18. The largest absolute Gasteiger partial charge is 0.492 e. The van der Waals surface area contributed by atoms with Crippen LogP contribution in [-0.4, -0.2) is 11.6 Å². The van der Waals surface area contributed by atoms with E-state index in [0.717, 1.165) is 0 Å². The molecule has 126 valence electrons. The molecular formula is C18H14ClFN4O. The fraction of sp³-hybridized carbons (Fsp3) is 0.111. The molecule has 2 N–H and O–H groups in total. The molecule has 0 amide bonds. The number of fused-ring (bicyclic) bond motifs is 1. The molecule has 0 atom stereocenters. The van der Waals surface area contributed by atoms with Crippen molar-refractivity contribution in [2.24, 2.45) is 0 Å². The minimum absolute atomic E-state index is 0.0597. The molecule has 0 saturated heterocycles. The summed E-state index contributed by atoms with van der Waals surface area (Å²) < 4.78 is 20.6. The molecule has 0 spiro atoms. The van der Waals surface area contributed by atoms with Crippen LogP contribution in [0.2, 0.25) is 5.02 Å². The second-order valence-electron chi connectivity index (χ2n) is 5.23. The Labute approximate surface area is 148 Å². The Morgan fingerprint density at radius 3 is 2.84 bits per heavy atom. The minimum atomic E-state index is 0.0597. The average Bonchev–Trinajstić information content (AvgIpc) is 2.61. The maximum atomic E-state index is 15.1. The van der Waals surface area contributed by atoms with Crippen molar-refractivity contribution < 1.29 is 9.22 Å². The van der Waals surface area contributed by atoms with Gasteiger partial charge in [0.15, 0.2) is 0 Å². The summed E-state index contributed by atoms with van der Waals surface area (Å²) in [5.74, 6) is 0.464. The summed E-state index contributed by atoms with van der Waals surface area (Å²) in [6.07, 6.45) is 1.32. The summed E-state index contributed by atoms with van der Waals surface area (Å²) in [4.78, 5) is 4.21. The van der Waals surface area contributed by atoms with Crippen molar-refractivity contribution in [2.75, 3.05) is 17.5 Å². The van der Waals surface area contributed by atoms with Gasteiger partial charge in [-0.05, 0) is 31.2 Å². The van der Waals surface area contributed by atoms with Crippen LogP contribution in [0.15, 0.2) is 42.6 Å². The summed E-state index contributed by atoms with van der Waals surface area (Å²) in [6, 6.07) is 11.4. The van der Waals surface area contributed by atoms with Crippen molar-refractivity contribution in [3.8, 4) is 11.8 Å². The third kappa shape index (κ3) is 3.14. The van der Waals surface area contributed by atoms with E-state index in [1.54, 1.807) is 30.3 Å². The number of ether oxygens (including phenoxy) is 1. The Morgan fingerprint density at radius 2 is 2.16 bits per heavy atom. The predicted molar refractivity (Wildman–Crippen MR) is 96.7 cm³/mol. The summed E-state index contributed by atoms with van der Waals surface area (Å²) >= 11 is 5.94. The van der Waals surface area contributed by atoms with E-state index in [1.807, 2.05) is 13.0 Å². The number of benzene rings is 2. The second kappa shape index (κ2) is 6.83. The van der Waals surface area contributed by atoms with Crippen molar-refractivity contribution in [1.82, 2.24) is 4.98 Å². The molecule has 0 saturated carbocycles. The molecule has 7 heteroatoms. The number of hydrogen-bond acceptors (Lipinski definition) is 5. The highest BCUT2D eigenvalue weighted by Gasteiger charge is 2.19. The van der Waals surface area contributed by atoms with Crippen LogP contribution < -0.4 is 15.6 Å².